The van der Waals surface area contributed by atoms with Gasteiger partial charge in [0.05, 0.1) is 12.0 Å². The van der Waals surface area contributed by atoms with Gasteiger partial charge in [-0.1, -0.05) is 0 Å². The predicted octanol–water partition coefficient (Wildman–Crippen LogP) is 1.19. The predicted molar refractivity (Wildman–Crippen MR) is 64.2 cm³/mol. The Hall–Kier alpha value is -1.07. The molecule has 0 aliphatic carbocycles. The molecule has 1 aromatic rings. The van der Waals surface area contributed by atoms with Crippen molar-refractivity contribution < 1.29 is 9.53 Å². The third kappa shape index (κ3) is 2.20. The smallest absolute Gasteiger partial charge is 0.264 e. The third-order valence-electron chi connectivity index (χ3n) is 2.78. The number of nitrogens with zero attached hydrogens (tertiary/aromatic N) is 1. The van der Waals surface area contributed by atoms with E-state index < -0.39 is 0 Å². The second kappa shape index (κ2) is 4.84. The van der Waals surface area contributed by atoms with E-state index in [1.165, 1.54) is 11.3 Å². The summed E-state index contributed by atoms with van der Waals surface area (Å²) in [5.41, 5.74) is 0. The van der Waals surface area contributed by atoms with E-state index in [1.54, 1.807) is 7.11 Å². The number of ether oxygens (including phenoxy) is 1. The molecule has 1 N–H and O–H groups in total. The van der Waals surface area contributed by atoms with Gasteiger partial charge in [0.1, 0.15) is 5.75 Å². The van der Waals surface area contributed by atoms with Crippen molar-refractivity contribution in [3.05, 3.63) is 16.3 Å². The minimum atomic E-state index is 0.113. The van der Waals surface area contributed by atoms with E-state index in [2.05, 4.69) is 12.2 Å². The SMILES string of the molecule is COc1csc(C(=O)N2CCNC[C@@H]2C)c1. The van der Waals surface area contributed by atoms with Crippen LogP contribution in [0.3, 0.4) is 0 Å². The summed E-state index contributed by atoms with van der Waals surface area (Å²) in [6, 6.07) is 2.07. The molecule has 4 nitrogen and oxygen atoms in total. The number of amides is 1. The molecule has 0 aromatic carbocycles. The van der Waals surface area contributed by atoms with Gasteiger partial charge in [0.2, 0.25) is 0 Å². The number of piperazine rings is 1. The van der Waals surface area contributed by atoms with E-state index in [1.807, 2.05) is 16.3 Å². The third-order valence-corrected chi connectivity index (χ3v) is 3.68. The van der Waals surface area contributed by atoms with Crippen molar-refractivity contribution in [3.63, 3.8) is 0 Å². The number of methoxy groups -OCH3 is 1. The second-order valence-electron chi connectivity index (χ2n) is 3.90. The number of nitrogens with one attached hydrogen (secondary N) is 1. The molecule has 1 atom stereocenters. The largest absolute Gasteiger partial charge is 0.496 e. The molecule has 88 valence electrons. The first-order chi connectivity index (χ1) is 7.72. The number of rotatable bonds is 2. The molecule has 1 aromatic heterocycles. The van der Waals surface area contributed by atoms with Gasteiger partial charge in [0.25, 0.3) is 5.91 Å². The zero-order chi connectivity index (χ0) is 11.5. The fourth-order valence-electron chi connectivity index (χ4n) is 1.82. The lowest BCUT2D eigenvalue weighted by Gasteiger charge is -2.33. The van der Waals surface area contributed by atoms with Crippen molar-refractivity contribution in [2.75, 3.05) is 26.7 Å². The van der Waals surface area contributed by atoms with Crippen LogP contribution in [0.4, 0.5) is 0 Å². The summed E-state index contributed by atoms with van der Waals surface area (Å²) in [6.45, 7) is 4.59. The molecule has 5 heteroatoms. The maximum absolute atomic E-state index is 12.2. The van der Waals surface area contributed by atoms with Crippen molar-refractivity contribution in [3.8, 4) is 5.75 Å². The van der Waals surface area contributed by atoms with Gasteiger partial charge >= 0.3 is 0 Å². The lowest BCUT2D eigenvalue weighted by molar-refractivity contribution is 0.0660. The van der Waals surface area contributed by atoms with Gasteiger partial charge in [-0.15, -0.1) is 11.3 Å². The number of carbonyl (C=O) groups excluding carboxylic acids is 1. The normalized spacial score (nSPS) is 20.9. The van der Waals surface area contributed by atoms with Crippen LogP contribution in [0.5, 0.6) is 5.75 Å². The molecule has 1 aliphatic heterocycles. The highest BCUT2D eigenvalue weighted by atomic mass is 32.1. The van der Waals surface area contributed by atoms with Crippen LogP contribution in [0.15, 0.2) is 11.4 Å². The fourth-order valence-corrected chi connectivity index (χ4v) is 2.63. The van der Waals surface area contributed by atoms with Crippen LogP contribution in [0.2, 0.25) is 0 Å². The Balaban J connectivity index is 2.11. The summed E-state index contributed by atoms with van der Waals surface area (Å²) in [4.78, 5) is 14.9. The van der Waals surface area contributed by atoms with E-state index in [-0.39, 0.29) is 11.9 Å². The number of thiophene rings is 1. The molecular weight excluding hydrogens is 224 g/mol. The Morgan fingerprint density at radius 2 is 2.50 bits per heavy atom. The van der Waals surface area contributed by atoms with Crippen LogP contribution in [0.1, 0.15) is 16.6 Å². The van der Waals surface area contributed by atoms with Gasteiger partial charge in [-0.3, -0.25) is 4.79 Å². The Labute approximate surface area is 99.2 Å². The van der Waals surface area contributed by atoms with Crippen LogP contribution < -0.4 is 10.1 Å². The maximum Gasteiger partial charge on any atom is 0.264 e. The molecule has 0 spiro atoms. The first kappa shape index (κ1) is 11.4. The Morgan fingerprint density at radius 1 is 1.69 bits per heavy atom. The number of hydrogen-bond donors (Lipinski definition) is 1. The minimum absolute atomic E-state index is 0.113. The maximum atomic E-state index is 12.2. The van der Waals surface area contributed by atoms with E-state index in [0.717, 1.165) is 30.3 Å². The lowest BCUT2D eigenvalue weighted by atomic mass is 10.2. The van der Waals surface area contributed by atoms with Crippen LogP contribution >= 0.6 is 11.3 Å². The van der Waals surface area contributed by atoms with Crippen molar-refractivity contribution in [1.82, 2.24) is 10.2 Å². The fraction of sp³-hybridized carbons (Fsp3) is 0.545. The minimum Gasteiger partial charge on any atom is -0.496 e. The second-order valence-corrected chi connectivity index (χ2v) is 4.81. The van der Waals surface area contributed by atoms with Crippen molar-refractivity contribution in [2.45, 2.75) is 13.0 Å². The van der Waals surface area contributed by atoms with Crippen molar-refractivity contribution >= 4 is 17.2 Å². The quantitative estimate of drug-likeness (QED) is 0.844. The number of hydrogen-bond acceptors (Lipinski definition) is 4. The Morgan fingerprint density at radius 3 is 3.12 bits per heavy atom. The average molecular weight is 240 g/mol. The highest BCUT2D eigenvalue weighted by Crippen LogP contribution is 2.23. The molecule has 2 rings (SSSR count). The number of carbonyl (C=O) groups is 1. The summed E-state index contributed by atoms with van der Waals surface area (Å²) in [5.74, 6) is 0.874. The molecule has 0 unspecified atom stereocenters. The van der Waals surface area contributed by atoms with Crippen LogP contribution in [0.25, 0.3) is 0 Å². The Bertz CT molecular complexity index is 378. The van der Waals surface area contributed by atoms with E-state index in [0.29, 0.717) is 0 Å². The topological polar surface area (TPSA) is 41.6 Å². The summed E-state index contributed by atoms with van der Waals surface area (Å²) < 4.78 is 5.09. The van der Waals surface area contributed by atoms with Gasteiger partial charge in [-0.2, -0.15) is 0 Å². The zero-order valence-electron chi connectivity index (χ0n) is 9.53. The van der Waals surface area contributed by atoms with E-state index in [4.69, 9.17) is 4.74 Å². The summed E-state index contributed by atoms with van der Waals surface area (Å²) in [7, 11) is 1.61. The highest BCUT2D eigenvalue weighted by Gasteiger charge is 2.25. The molecule has 1 saturated heterocycles. The molecular formula is C11H16N2O2S. The van der Waals surface area contributed by atoms with E-state index >= 15 is 0 Å². The molecule has 0 saturated carbocycles. The first-order valence-electron chi connectivity index (χ1n) is 5.36. The molecule has 16 heavy (non-hydrogen) atoms. The molecule has 0 bridgehead atoms. The monoisotopic (exact) mass is 240 g/mol. The molecule has 1 aliphatic rings. The van der Waals surface area contributed by atoms with Gasteiger partial charge in [-0.25, -0.2) is 0 Å². The molecule has 0 radical (unpaired) electrons. The standard InChI is InChI=1S/C11H16N2O2S/c1-8-6-12-3-4-13(8)11(14)10-5-9(15-2)7-16-10/h5,7-8,12H,3-4,6H2,1-2H3/t8-/m0/s1. The summed E-state index contributed by atoms with van der Waals surface area (Å²) in [6.07, 6.45) is 0. The highest BCUT2D eigenvalue weighted by molar-refractivity contribution is 7.12. The zero-order valence-corrected chi connectivity index (χ0v) is 10.3. The van der Waals surface area contributed by atoms with Gasteiger partial charge in [-0.05, 0) is 6.92 Å². The van der Waals surface area contributed by atoms with Crippen LogP contribution in [-0.4, -0.2) is 43.6 Å². The summed E-state index contributed by atoms with van der Waals surface area (Å²) >= 11 is 1.44. The Kier molecular flexibility index (Phi) is 3.46. The van der Waals surface area contributed by atoms with Crippen molar-refractivity contribution in [1.29, 1.82) is 0 Å². The molecule has 1 fully saturated rings. The van der Waals surface area contributed by atoms with Gasteiger partial charge in [0.15, 0.2) is 0 Å². The van der Waals surface area contributed by atoms with Crippen LogP contribution in [-0.2, 0) is 0 Å². The molecule has 2 heterocycles. The summed E-state index contributed by atoms with van der Waals surface area (Å²) in [5, 5.41) is 5.13. The van der Waals surface area contributed by atoms with Crippen LogP contribution in [0, 0.1) is 0 Å². The van der Waals surface area contributed by atoms with Gasteiger partial charge in [0, 0.05) is 37.1 Å². The average Bonchev–Trinajstić information content (AvgIpc) is 2.77. The first-order valence-corrected chi connectivity index (χ1v) is 6.24. The van der Waals surface area contributed by atoms with Crippen molar-refractivity contribution in [2.24, 2.45) is 0 Å². The molecule has 1 amide bonds. The van der Waals surface area contributed by atoms with Gasteiger partial charge < -0.3 is 15.0 Å². The van der Waals surface area contributed by atoms with E-state index in [9.17, 15) is 4.79 Å². The lowest BCUT2D eigenvalue weighted by Crippen LogP contribution is -2.52.